The zero-order valence-electron chi connectivity index (χ0n) is 13.2. The first kappa shape index (κ1) is 17.3. The second kappa shape index (κ2) is 9.86. The predicted octanol–water partition coefficient (Wildman–Crippen LogP) is 3.70. The van der Waals surface area contributed by atoms with Crippen molar-refractivity contribution >= 4 is 17.5 Å². The van der Waals surface area contributed by atoms with E-state index in [2.05, 4.69) is 10.6 Å². The van der Waals surface area contributed by atoms with Crippen LogP contribution in [-0.2, 0) is 11.2 Å². The fraction of sp³-hybridized carbons (Fsp3) is 0.611. The van der Waals surface area contributed by atoms with Gasteiger partial charge in [-0.2, -0.15) is 0 Å². The second-order valence-corrected chi connectivity index (χ2v) is 6.56. The Morgan fingerprint density at radius 3 is 2.64 bits per heavy atom. The zero-order valence-corrected chi connectivity index (χ0v) is 14.0. The standard InChI is InChI=1S/C18H27ClN2O/c19-16-7-5-6-15(14-16)10-12-21-18(22)11-13-20-17-8-3-1-2-4-9-17/h5-7,14,17,20H,1-4,8-13H2,(H,21,22). The van der Waals surface area contributed by atoms with Crippen molar-refractivity contribution in [2.45, 2.75) is 57.4 Å². The average Bonchev–Trinajstić information content (AvgIpc) is 2.76. The number of carbonyl (C=O) groups is 1. The van der Waals surface area contributed by atoms with Gasteiger partial charge in [0.25, 0.3) is 0 Å². The lowest BCUT2D eigenvalue weighted by Crippen LogP contribution is -2.33. The zero-order chi connectivity index (χ0) is 15.6. The van der Waals surface area contributed by atoms with Crippen molar-refractivity contribution in [3.63, 3.8) is 0 Å². The van der Waals surface area contributed by atoms with Crippen molar-refractivity contribution in [3.8, 4) is 0 Å². The van der Waals surface area contributed by atoms with Crippen LogP contribution in [0.3, 0.4) is 0 Å². The van der Waals surface area contributed by atoms with Crippen LogP contribution in [0.5, 0.6) is 0 Å². The molecule has 1 aromatic rings. The Bertz CT molecular complexity index is 456. The van der Waals surface area contributed by atoms with Crippen LogP contribution < -0.4 is 10.6 Å². The Hall–Kier alpha value is -1.06. The maximum absolute atomic E-state index is 11.8. The van der Waals surface area contributed by atoms with E-state index in [1.54, 1.807) is 0 Å². The minimum Gasteiger partial charge on any atom is -0.356 e. The molecule has 1 fully saturated rings. The van der Waals surface area contributed by atoms with Gasteiger partial charge in [-0.15, -0.1) is 0 Å². The first-order chi connectivity index (χ1) is 10.7. The van der Waals surface area contributed by atoms with Crippen LogP contribution in [-0.4, -0.2) is 25.0 Å². The van der Waals surface area contributed by atoms with Crippen molar-refractivity contribution in [2.24, 2.45) is 0 Å². The van der Waals surface area contributed by atoms with E-state index >= 15 is 0 Å². The third kappa shape index (κ3) is 6.80. The van der Waals surface area contributed by atoms with Crippen molar-refractivity contribution in [2.75, 3.05) is 13.1 Å². The van der Waals surface area contributed by atoms with Gasteiger partial charge in [0.05, 0.1) is 0 Å². The van der Waals surface area contributed by atoms with Crippen LogP contribution in [0.2, 0.25) is 5.02 Å². The summed E-state index contributed by atoms with van der Waals surface area (Å²) >= 11 is 5.94. The summed E-state index contributed by atoms with van der Waals surface area (Å²) in [6.07, 6.45) is 9.28. The van der Waals surface area contributed by atoms with E-state index in [0.717, 1.165) is 23.6 Å². The van der Waals surface area contributed by atoms with Crippen LogP contribution in [0, 0.1) is 0 Å². The number of amides is 1. The molecule has 0 aromatic heterocycles. The summed E-state index contributed by atoms with van der Waals surface area (Å²) in [6.45, 7) is 1.45. The highest BCUT2D eigenvalue weighted by atomic mass is 35.5. The molecule has 2 N–H and O–H groups in total. The molecule has 1 aromatic carbocycles. The first-order valence-electron chi connectivity index (χ1n) is 8.48. The van der Waals surface area contributed by atoms with Gasteiger partial charge in [0.2, 0.25) is 5.91 Å². The van der Waals surface area contributed by atoms with Crippen LogP contribution in [0.25, 0.3) is 0 Å². The number of hydrogen-bond donors (Lipinski definition) is 2. The van der Waals surface area contributed by atoms with E-state index in [1.165, 1.54) is 38.5 Å². The predicted molar refractivity (Wildman–Crippen MR) is 92.3 cm³/mol. The molecule has 4 heteroatoms. The lowest BCUT2D eigenvalue weighted by atomic mass is 10.1. The molecule has 0 atom stereocenters. The van der Waals surface area contributed by atoms with E-state index in [1.807, 2.05) is 24.3 Å². The monoisotopic (exact) mass is 322 g/mol. The molecule has 2 rings (SSSR count). The molecular formula is C18H27ClN2O. The summed E-state index contributed by atoms with van der Waals surface area (Å²) in [4.78, 5) is 11.8. The van der Waals surface area contributed by atoms with E-state index < -0.39 is 0 Å². The van der Waals surface area contributed by atoms with Crippen molar-refractivity contribution in [1.82, 2.24) is 10.6 Å². The van der Waals surface area contributed by atoms with Gasteiger partial charge >= 0.3 is 0 Å². The largest absolute Gasteiger partial charge is 0.356 e. The fourth-order valence-corrected chi connectivity index (χ4v) is 3.21. The summed E-state index contributed by atoms with van der Waals surface area (Å²) < 4.78 is 0. The highest BCUT2D eigenvalue weighted by Crippen LogP contribution is 2.17. The molecule has 1 aliphatic rings. The van der Waals surface area contributed by atoms with Crippen molar-refractivity contribution < 1.29 is 4.79 Å². The number of rotatable bonds is 7. The lowest BCUT2D eigenvalue weighted by molar-refractivity contribution is -0.120. The third-order valence-electron chi connectivity index (χ3n) is 4.27. The molecule has 0 spiro atoms. The second-order valence-electron chi connectivity index (χ2n) is 6.12. The summed E-state index contributed by atoms with van der Waals surface area (Å²) in [5.41, 5.74) is 1.16. The number of halogens is 1. The van der Waals surface area contributed by atoms with Gasteiger partial charge < -0.3 is 10.6 Å². The molecule has 22 heavy (non-hydrogen) atoms. The van der Waals surface area contributed by atoms with Gasteiger partial charge in [-0.3, -0.25) is 4.79 Å². The van der Waals surface area contributed by atoms with Gasteiger partial charge in [-0.05, 0) is 37.0 Å². The van der Waals surface area contributed by atoms with E-state index in [9.17, 15) is 4.79 Å². The van der Waals surface area contributed by atoms with Crippen LogP contribution in [0.15, 0.2) is 24.3 Å². The van der Waals surface area contributed by atoms with Gasteiger partial charge in [-0.1, -0.05) is 49.4 Å². The van der Waals surface area contributed by atoms with E-state index in [0.29, 0.717) is 19.0 Å². The number of nitrogens with one attached hydrogen (secondary N) is 2. The maximum Gasteiger partial charge on any atom is 0.221 e. The summed E-state index contributed by atoms with van der Waals surface area (Å²) in [5.74, 6) is 0.128. The SMILES string of the molecule is O=C(CCNC1CCCCCC1)NCCc1cccc(Cl)c1. The molecule has 1 saturated carbocycles. The molecule has 3 nitrogen and oxygen atoms in total. The quantitative estimate of drug-likeness (QED) is 0.751. The third-order valence-corrected chi connectivity index (χ3v) is 4.50. The first-order valence-corrected chi connectivity index (χ1v) is 8.86. The van der Waals surface area contributed by atoms with Crippen molar-refractivity contribution in [3.05, 3.63) is 34.9 Å². The molecule has 0 aliphatic heterocycles. The van der Waals surface area contributed by atoms with Crippen LogP contribution in [0.1, 0.15) is 50.5 Å². The molecule has 122 valence electrons. The fourth-order valence-electron chi connectivity index (χ4n) is 3.00. The Morgan fingerprint density at radius 1 is 1.14 bits per heavy atom. The van der Waals surface area contributed by atoms with Crippen LogP contribution in [0.4, 0.5) is 0 Å². The summed E-state index contributed by atoms with van der Waals surface area (Å²) in [7, 11) is 0. The normalized spacial score (nSPS) is 16.2. The molecule has 0 heterocycles. The topological polar surface area (TPSA) is 41.1 Å². The Labute approximate surface area is 138 Å². The Morgan fingerprint density at radius 2 is 1.91 bits per heavy atom. The molecular weight excluding hydrogens is 296 g/mol. The van der Waals surface area contributed by atoms with E-state index in [4.69, 9.17) is 11.6 Å². The molecule has 0 radical (unpaired) electrons. The van der Waals surface area contributed by atoms with Gasteiger partial charge in [0.1, 0.15) is 0 Å². The number of hydrogen-bond acceptors (Lipinski definition) is 2. The minimum absolute atomic E-state index is 0.128. The smallest absolute Gasteiger partial charge is 0.221 e. The van der Waals surface area contributed by atoms with Crippen LogP contribution >= 0.6 is 11.6 Å². The highest BCUT2D eigenvalue weighted by Gasteiger charge is 2.11. The minimum atomic E-state index is 0.128. The number of carbonyl (C=O) groups excluding carboxylic acids is 1. The molecule has 1 amide bonds. The highest BCUT2D eigenvalue weighted by molar-refractivity contribution is 6.30. The maximum atomic E-state index is 11.8. The molecule has 1 aliphatic carbocycles. The Kier molecular flexibility index (Phi) is 7.75. The van der Waals surface area contributed by atoms with Crippen molar-refractivity contribution in [1.29, 1.82) is 0 Å². The van der Waals surface area contributed by atoms with Gasteiger partial charge in [-0.25, -0.2) is 0 Å². The lowest BCUT2D eigenvalue weighted by Gasteiger charge is -2.15. The van der Waals surface area contributed by atoms with Gasteiger partial charge in [0.15, 0.2) is 0 Å². The molecule has 0 bridgehead atoms. The average molecular weight is 323 g/mol. The summed E-state index contributed by atoms with van der Waals surface area (Å²) in [6, 6.07) is 8.40. The number of benzene rings is 1. The summed E-state index contributed by atoms with van der Waals surface area (Å²) in [5, 5.41) is 7.26. The molecule has 0 saturated heterocycles. The Balaban J connectivity index is 1.55. The molecule has 0 unspecified atom stereocenters. The van der Waals surface area contributed by atoms with Gasteiger partial charge in [0, 0.05) is 30.6 Å². The van der Waals surface area contributed by atoms with E-state index in [-0.39, 0.29) is 5.91 Å².